The van der Waals surface area contributed by atoms with Crippen molar-refractivity contribution in [3.8, 4) is 17.2 Å². The largest absolute Gasteiger partial charge is 0.647 e. The van der Waals surface area contributed by atoms with Gasteiger partial charge in [-0.3, -0.25) is 0 Å². The highest BCUT2D eigenvalue weighted by atomic mass is 31.2. The Hall–Kier alpha value is -1.67. The van der Waals surface area contributed by atoms with Gasteiger partial charge in [-0.1, -0.05) is 12.2 Å². The first kappa shape index (κ1) is 10.5. The Bertz CT molecular complexity index is 570. The lowest BCUT2D eigenvalue weighted by Gasteiger charge is -2.15. The molecule has 0 saturated carbocycles. The van der Waals surface area contributed by atoms with Gasteiger partial charge in [0.25, 0.3) is 0 Å². The van der Waals surface area contributed by atoms with Gasteiger partial charge in [0.1, 0.15) is 0 Å². The van der Waals surface area contributed by atoms with Crippen LogP contribution in [0.2, 0.25) is 0 Å². The summed E-state index contributed by atoms with van der Waals surface area (Å²) in [4.78, 5) is 0. The molecule has 1 aromatic rings. The zero-order chi connectivity index (χ0) is 12.0. The van der Waals surface area contributed by atoms with Gasteiger partial charge in [0.15, 0.2) is 11.5 Å². The Morgan fingerprint density at radius 3 is 2.47 bits per heavy atom. The highest BCUT2D eigenvalue weighted by Crippen LogP contribution is 2.70. The zero-order valence-corrected chi connectivity index (χ0v) is 10.0. The summed E-state index contributed by atoms with van der Waals surface area (Å²) in [7, 11) is -3.40. The van der Waals surface area contributed by atoms with Crippen LogP contribution in [0.15, 0.2) is 31.4 Å². The molecule has 0 saturated heterocycles. The fraction of sp³-hybridized carbons (Fsp3) is 0.167. The molecule has 0 spiro atoms. The molecule has 4 nitrogen and oxygen atoms in total. The first-order valence-electron chi connectivity index (χ1n) is 5.26. The van der Waals surface area contributed by atoms with Crippen molar-refractivity contribution in [2.75, 3.05) is 0 Å². The van der Waals surface area contributed by atoms with Gasteiger partial charge in [-0.15, -0.1) is 13.2 Å². The summed E-state index contributed by atoms with van der Waals surface area (Å²) < 4.78 is 27.4. The molecule has 0 aliphatic carbocycles. The van der Waals surface area contributed by atoms with E-state index in [9.17, 15) is 4.57 Å². The van der Waals surface area contributed by atoms with Crippen molar-refractivity contribution >= 4 is 7.82 Å². The van der Waals surface area contributed by atoms with E-state index in [-0.39, 0.29) is 0 Å². The summed E-state index contributed by atoms with van der Waals surface area (Å²) in [5, 5.41) is 0. The average molecular weight is 250 g/mol. The molecule has 3 rings (SSSR count). The van der Waals surface area contributed by atoms with E-state index in [1.54, 1.807) is 12.2 Å². The van der Waals surface area contributed by atoms with Crippen LogP contribution in [-0.2, 0) is 17.4 Å². The van der Waals surface area contributed by atoms with Crippen molar-refractivity contribution in [3.63, 3.8) is 0 Å². The van der Waals surface area contributed by atoms with Crippen LogP contribution in [0.1, 0.15) is 11.1 Å². The van der Waals surface area contributed by atoms with Crippen LogP contribution in [0.4, 0.5) is 0 Å². The Labute approximate surface area is 99.1 Å². The predicted molar refractivity (Wildman–Crippen MR) is 63.7 cm³/mol. The molecule has 2 bridgehead atoms. The normalized spacial score (nSPS) is 22.6. The van der Waals surface area contributed by atoms with E-state index in [1.165, 1.54) is 0 Å². The van der Waals surface area contributed by atoms with Crippen LogP contribution in [-0.4, -0.2) is 0 Å². The van der Waals surface area contributed by atoms with Crippen molar-refractivity contribution in [1.29, 1.82) is 0 Å². The molecule has 0 aromatic heterocycles. The number of allylic oxidation sites excluding steroid dienone is 2. The summed E-state index contributed by atoms with van der Waals surface area (Å²) >= 11 is 0. The van der Waals surface area contributed by atoms with E-state index in [0.717, 1.165) is 11.1 Å². The minimum atomic E-state index is -3.40. The molecule has 0 N–H and O–H groups in total. The summed E-state index contributed by atoms with van der Waals surface area (Å²) in [6.45, 7) is 7.42. The summed E-state index contributed by atoms with van der Waals surface area (Å²) in [6.07, 6.45) is 4.90. The van der Waals surface area contributed by atoms with Crippen LogP contribution in [0.5, 0.6) is 17.2 Å². The van der Waals surface area contributed by atoms with Crippen molar-refractivity contribution < 1.29 is 18.1 Å². The van der Waals surface area contributed by atoms with Crippen LogP contribution >= 0.6 is 7.82 Å². The number of phosphoric ester groups is 1. The Kier molecular flexibility index (Phi) is 2.10. The monoisotopic (exact) mass is 250 g/mol. The SMILES string of the molecule is C=CCc1cc2c3c(c1CC=C)OP(=O)(O2)O3. The zero-order valence-electron chi connectivity index (χ0n) is 9.14. The Balaban J connectivity index is 2.20. The summed E-state index contributed by atoms with van der Waals surface area (Å²) in [5.74, 6) is 1.49. The van der Waals surface area contributed by atoms with Crippen LogP contribution in [0.3, 0.4) is 0 Å². The van der Waals surface area contributed by atoms with E-state index < -0.39 is 7.82 Å². The number of hydrogen-bond acceptors (Lipinski definition) is 4. The molecule has 5 heteroatoms. The molecule has 0 fully saturated rings. The lowest BCUT2D eigenvalue weighted by atomic mass is 9.99. The molecule has 0 amide bonds. The van der Waals surface area contributed by atoms with Crippen LogP contribution < -0.4 is 13.6 Å². The van der Waals surface area contributed by atoms with Gasteiger partial charge in [-0.25, -0.2) is 0 Å². The first-order chi connectivity index (χ1) is 8.17. The predicted octanol–water partition coefficient (Wildman–Crippen LogP) is 3.42. The second kappa shape index (κ2) is 3.41. The number of benzene rings is 1. The molecule has 1 aromatic carbocycles. The van der Waals surface area contributed by atoms with Gasteiger partial charge in [-0.05, 0) is 24.5 Å². The molecule has 2 heterocycles. The van der Waals surface area contributed by atoms with Crippen molar-refractivity contribution in [1.82, 2.24) is 0 Å². The summed E-state index contributed by atoms with van der Waals surface area (Å²) in [6, 6.07) is 1.83. The van der Waals surface area contributed by atoms with Crippen LogP contribution in [0.25, 0.3) is 0 Å². The van der Waals surface area contributed by atoms with E-state index >= 15 is 0 Å². The molecular weight excluding hydrogens is 239 g/mol. The first-order valence-corrected chi connectivity index (χ1v) is 6.72. The number of hydrogen-bond donors (Lipinski definition) is 0. The quantitative estimate of drug-likeness (QED) is 0.606. The van der Waals surface area contributed by atoms with Crippen LogP contribution in [0, 0.1) is 0 Å². The van der Waals surface area contributed by atoms with Gasteiger partial charge in [0.05, 0.1) is 0 Å². The van der Waals surface area contributed by atoms with E-state index in [0.29, 0.717) is 30.1 Å². The highest BCUT2D eigenvalue weighted by molar-refractivity contribution is 7.50. The second-order valence-corrected chi connectivity index (χ2v) is 5.32. The molecule has 0 radical (unpaired) electrons. The maximum Gasteiger partial charge on any atom is 0.647 e. The van der Waals surface area contributed by atoms with Crippen molar-refractivity contribution in [3.05, 3.63) is 42.5 Å². The molecule has 2 aliphatic heterocycles. The standard InChI is InChI=1S/C12H11O4P/c1-3-5-8-7-10-12-11(9(8)6-4-2)15-17(13,14-10)16-12/h3-4,7H,1-2,5-6H2. The molecule has 2 aliphatic rings. The van der Waals surface area contributed by atoms with E-state index in [4.69, 9.17) is 13.6 Å². The minimum Gasteiger partial charge on any atom is -0.382 e. The average Bonchev–Trinajstić information content (AvgIpc) is 2.77. The maximum absolute atomic E-state index is 11.8. The van der Waals surface area contributed by atoms with Gasteiger partial charge in [-0.2, -0.15) is 4.57 Å². The third-order valence-electron chi connectivity index (χ3n) is 2.73. The van der Waals surface area contributed by atoms with Crippen molar-refractivity contribution in [2.24, 2.45) is 0 Å². The van der Waals surface area contributed by atoms with Gasteiger partial charge in [0, 0.05) is 5.56 Å². The number of rotatable bonds is 4. The number of phosphoric acid groups is 1. The topological polar surface area (TPSA) is 44.8 Å². The minimum absolute atomic E-state index is 0.456. The number of fused-ring (bicyclic) bond motifs is 1. The lowest BCUT2D eigenvalue weighted by Crippen LogP contribution is -2.02. The molecule has 1 unspecified atom stereocenters. The fourth-order valence-corrected chi connectivity index (χ4v) is 3.36. The molecule has 1 atom stereocenters. The highest BCUT2D eigenvalue weighted by Gasteiger charge is 2.51. The lowest BCUT2D eigenvalue weighted by molar-refractivity contribution is 0.353. The summed E-state index contributed by atoms with van der Waals surface area (Å²) in [5.41, 5.74) is 1.98. The fourth-order valence-electron chi connectivity index (χ4n) is 2.06. The molecule has 17 heavy (non-hydrogen) atoms. The smallest absolute Gasteiger partial charge is 0.382 e. The maximum atomic E-state index is 11.8. The second-order valence-electron chi connectivity index (χ2n) is 3.88. The van der Waals surface area contributed by atoms with Gasteiger partial charge in [0.2, 0.25) is 5.75 Å². The Morgan fingerprint density at radius 2 is 1.82 bits per heavy atom. The van der Waals surface area contributed by atoms with E-state index in [2.05, 4.69) is 13.2 Å². The van der Waals surface area contributed by atoms with Gasteiger partial charge < -0.3 is 13.6 Å². The molecule has 88 valence electrons. The Morgan fingerprint density at radius 1 is 1.12 bits per heavy atom. The molecular formula is C12H11O4P. The van der Waals surface area contributed by atoms with E-state index in [1.807, 2.05) is 6.07 Å². The third-order valence-corrected chi connectivity index (χ3v) is 3.96. The van der Waals surface area contributed by atoms with Gasteiger partial charge >= 0.3 is 7.82 Å². The third kappa shape index (κ3) is 1.41. The van der Waals surface area contributed by atoms with Crippen molar-refractivity contribution in [2.45, 2.75) is 12.8 Å².